The van der Waals surface area contributed by atoms with Crippen molar-refractivity contribution in [3.63, 3.8) is 0 Å². The van der Waals surface area contributed by atoms with Crippen molar-refractivity contribution in [1.82, 2.24) is 9.88 Å². The summed E-state index contributed by atoms with van der Waals surface area (Å²) in [6, 6.07) is 3.73. The fourth-order valence-corrected chi connectivity index (χ4v) is 3.00. The third-order valence-corrected chi connectivity index (χ3v) is 4.36. The van der Waals surface area contributed by atoms with E-state index < -0.39 is 29.8 Å². The minimum Gasteiger partial charge on any atom is -0.466 e. The normalized spacial score (nSPS) is 11.8. The van der Waals surface area contributed by atoms with Crippen molar-refractivity contribution in [3.05, 3.63) is 46.6 Å². The monoisotopic (exact) mass is 506 g/mol. The number of benzene rings is 1. The molecule has 2 aromatic rings. The van der Waals surface area contributed by atoms with Gasteiger partial charge in [-0.1, -0.05) is 17.7 Å². The summed E-state index contributed by atoms with van der Waals surface area (Å²) >= 11 is 5.92. The van der Waals surface area contributed by atoms with Crippen molar-refractivity contribution in [1.29, 1.82) is 0 Å². The predicted octanol–water partition coefficient (Wildman–Crippen LogP) is 5.31. The van der Waals surface area contributed by atoms with Crippen LogP contribution in [0.5, 0.6) is 5.75 Å². The quantitative estimate of drug-likeness (QED) is 0.425. The first-order valence-electron chi connectivity index (χ1n) is 10.4. The zero-order chi connectivity index (χ0) is 25.5. The van der Waals surface area contributed by atoms with Gasteiger partial charge >= 0.3 is 18.4 Å². The van der Waals surface area contributed by atoms with Gasteiger partial charge in [0.15, 0.2) is 5.89 Å². The molecule has 0 radical (unpaired) electrons. The first-order chi connectivity index (χ1) is 15.8. The van der Waals surface area contributed by atoms with Crippen LogP contribution >= 0.6 is 11.6 Å². The second-order valence-corrected chi connectivity index (χ2v) is 8.57. The standard InChI is InChI=1S/C22H26ClF3N2O6/c1-5-31-19(29)11-15-12-27-18(32-15)8-9-28(20(30)34-21(2,3)4)13-14-6-7-17(16(23)10-14)33-22(24,25)26/h6-7,10,12H,5,8-9,11,13H2,1-4H3. The smallest absolute Gasteiger partial charge is 0.466 e. The average Bonchev–Trinajstić information content (AvgIpc) is 3.12. The van der Waals surface area contributed by atoms with Gasteiger partial charge in [-0.05, 0) is 45.4 Å². The molecule has 12 heteroatoms. The van der Waals surface area contributed by atoms with E-state index in [1.54, 1.807) is 27.7 Å². The Kier molecular flexibility index (Phi) is 9.20. The highest BCUT2D eigenvalue weighted by atomic mass is 35.5. The number of nitrogens with zero attached hydrogens (tertiary/aromatic N) is 2. The van der Waals surface area contributed by atoms with Crippen molar-refractivity contribution in [2.45, 2.75) is 59.0 Å². The molecule has 0 bridgehead atoms. The Morgan fingerprint density at radius 1 is 1.21 bits per heavy atom. The molecule has 0 aliphatic rings. The van der Waals surface area contributed by atoms with Gasteiger partial charge in [0.05, 0.1) is 17.8 Å². The minimum atomic E-state index is -4.88. The summed E-state index contributed by atoms with van der Waals surface area (Å²) in [6.45, 7) is 7.18. The van der Waals surface area contributed by atoms with Gasteiger partial charge in [-0.3, -0.25) is 4.79 Å². The lowest BCUT2D eigenvalue weighted by Gasteiger charge is -2.27. The van der Waals surface area contributed by atoms with E-state index in [2.05, 4.69) is 9.72 Å². The van der Waals surface area contributed by atoms with E-state index in [1.165, 1.54) is 23.2 Å². The third kappa shape index (κ3) is 9.50. The molecule has 0 aliphatic carbocycles. The number of carbonyl (C=O) groups is 2. The molecular weight excluding hydrogens is 481 g/mol. The molecule has 2 rings (SSSR count). The molecule has 1 aromatic heterocycles. The first kappa shape index (κ1) is 27.3. The van der Waals surface area contributed by atoms with Gasteiger partial charge in [-0.25, -0.2) is 9.78 Å². The van der Waals surface area contributed by atoms with E-state index in [1.807, 2.05) is 0 Å². The number of carbonyl (C=O) groups excluding carboxylic acids is 2. The van der Waals surface area contributed by atoms with Gasteiger partial charge in [0.25, 0.3) is 0 Å². The molecule has 1 amide bonds. The molecule has 188 valence electrons. The maximum Gasteiger partial charge on any atom is 0.573 e. The predicted molar refractivity (Wildman–Crippen MR) is 115 cm³/mol. The Balaban J connectivity index is 2.12. The highest BCUT2D eigenvalue weighted by Gasteiger charge is 2.32. The van der Waals surface area contributed by atoms with Crippen LogP contribution < -0.4 is 4.74 Å². The molecular formula is C22H26ClF3N2O6. The van der Waals surface area contributed by atoms with Crippen LogP contribution in [0, 0.1) is 0 Å². The molecule has 0 N–H and O–H groups in total. The number of halogens is 4. The Labute approximate surface area is 199 Å². The van der Waals surface area contributed by atoms with Crippen LogP contribution in [0.25, 0.3) is 0 Å². The van der Waals surface area contributed by atoms with Crippen molar-refractivity contribution >= 4 is 23.7 Å². The zero-order valence-corrected chi connectivity index (χ0v) is 20.0. The molecule has 1 aromatic carbocycles. The van der Waals surface area contributed by atoms with E-state index in [0.717, 1.165) is 6.07 Å². The topological polar surface area (TPSA) is 91.1 Å². The maximum atomic E-state index is 12.7. The highest BCUT2D eigenvalue weighted by Crippen LogP contribution is 2.31. The summed E-state index contributed by atoms with van der Waals surface area (Å²) in [5.41, 5.74) is -0.312. The molecule has 8 nitrogen and oxygen atoms in total. The van der Waals surface area contributed by atoms with E-state index in [4.69, 9.17) is 25.5 Å². The van der Waals surface area contributed by atoms with Crippen LogP contribution in [0.15, 0.2) is 28.8 Å². The summed E-state index contributed by atoms with van der Waals surface area (Å²) in [6.07, 6.45) is -3.98. The summed E-state index contributed by atoms with van der Waals surface area (Å²) in [7, 11) is 0. The number of amides is 1. The lowest BCUT2D eigenvalue weighted by Crippen LogP contribution is -2.37. The number of ether oxygens (including phenoxy) is 3. The fraction of sp³-hybridized carbons (Fsp3) is 0.500. The highest BCUT2D eigenvalue weighted by molar-refractivity contribution is 6.32. The van der Waals surface area contributed by atoms with Crippen LogP contribution in [-0.2, 0) is 33.7 Å². The van der Waals surface area contributed by atoms with Gasteiger partial charge < -0.3 is 23.5 Å². The summed E-state index contributed by atoms with van der Waals surface area (Å²) in [5.74, 6) is -0.379. The molecule has 1 heterocycles. The van der Waals surface area contributed by atoms with Crippen molar-refractivity contribution in [2.75, 3.05) is 13.2 Å². The first-order valence-corrected chi connectivity index (χ1v) is 10.7. The summed E-state index contributed by atoms with van der Waals surface area (Å²) in [5, 5.41) is -0.254. The molecule has 0 spiro atoms. The summed E-state index contributed by atoms with van der Waals surface area (Å²) < 4.78 is 57.1. The van der Waals surface area contributed by atoms with Crippen LogP contribution in [0.1, 0.15) is 44.9 Å². The average molecular weight is 507 g/mol. The number of rotatable bonds is 9. The van der Waals surface area contributed by atoms with E-state index >= 15 is 0 Å². The molecule has 0 saturated heterocycles. The third-order valence-electron chi connectivity index (χ3n) is 4.07. The van der Waals surface area contributed by atoms with Crippen LogP contribution in [0.4, 0.5) is 18.0 Å². The molecule has 34 heavy (non-hydrogen) atoms. The van der Waals surface area contributed by atoms with E-state index in [9.17, 15) is 22.8 Å². The Bertz CT molecular complexity index is 988. The molecule has 0 atom stereocenters. The Hall–Kier alpha value is -2.95. The molecule has 0 saturated carbocycles. The minimum absolute atomic E-state index is 0.00266. The fourth-order valence-electron chi connectivity index (χ4n) is 2.76. The number of oxazole rings is 1. The van der Waals surface area contributed by atoms with Gasteiger partial charge in [-0.2, -0.15) is 0 Å². The van der Waals surface area contributed by atoms with Gasteiger partial charge in [0.1, 0.15) is 23.5 Å². The van der Waals surface area contributed by atoms with Crippen LogP contribution in [-0.4, -0.2) is 47.1 Å². The summed E-state index contributed by atoms with van der Waals surface area (Å²) in [4.78, 5) is 29.8. The largest absolute Gasteiger partial charge is 0.573 e. The number of alkyl halides is 3. The second-order valence-electron chi connectivity index (χ2n) is 8.17. The van der Waals surface area contributed by atoms with E-state index in [-0.39, 0.29) is 37.6 Å². The SMILES string of the molecule is CCOC(=O)Cc1cnc(CCN(Cc2ccc(OC(F)(F)F)c(Cl)c2)C(=O)OC(C)(C)C)o1. The van der Waals surface area contributed by atoms with Crippen molar-refractivity contribution in [2.24, 2.45) is 0 Å². The van der Waals surface area contributed by atoms with Crippen LogP contribution in [0.2, 0.25) is 5.02 Å². The number of hydrogen-bond donors (Lipinski definition) is 0. The van der Waals surface area contributed by atoms with E-state index in [0.29, 0.717) is 17.2 Å². The molecule has 0 unspecified atom stereocenters. The van der Waals surface area contributed by atoms with Crippen molar-refractivity contribution < 1.29 is 41.4 Å². The number of esters is 1. The van der Waals surface area contributed by atoms with Crippen molar-refractivity contribution in [3.8, 4) is 5.75 Å². The second kappa shape index (κ2) is 11.5. The lowest BCUT2D eigenvalue weighted by atomic mass is 10.2. The lowest BCUT2D eigenvalue weighted by molar-refractivity contribution is -0.274. The number of hydrogen-bond acceptors (Lipinski definition) is 7. The molecule has 0 aliphatic heterocycles. The number of aromatic nitrogens is 1. The Morgan fingerprint density at radius 2 is 1.91 bits per heavy atom. The molecule has 0 fully saturated rings. The van der Waals surface area contributed by atoms with Crippen LogP contribution in [0.3, 0.4) is 0 Å². The van der Waals surface area contributed by atoms with Gasteiger partial charge in [0.2, 0.25) is 0 Å². The van der Waals surface area contributed by atoms with Gasteiger partial charge in [0, 0.05) is 19.5 Å². The zero-order valence-electron chi connectivity index (χ0n) is 19.2. The maximum absolute atomic E-state index is 12.7. The van der Waals surface area contributed by atoms with Gasteiger partial charge in [-0.15, -0.1) is 13.2 Å². The Morgan fingerprint density at radius 3 is 2.50 bits per heavy atom.